The van der Waals surface area contributed by atoms with Gasteiger partial charge in [-0.1, -0.05) is 42.5 Å². The number of fused-ring (bicyclic) bond motifs is 1. The van der Waals surface area contributed by atoms with E-state index >= 15 is 0 Å². The highest BCUT2D eigenvalue weighted by Crippen LogP contribution is 2.47. The van der Waals surface area contributed by atoms with Gasteiger partial charge in [0.05, 0.1) is 5.56 Å². The molecule has 0 aliphatic rings. The molecular formula is C20H12F3NS. The fourth-order valence-electron chi connectivity index (χ4n) is 2.96. The highest BCUT2D eigenvalue weighted by Gasteiger charge is 2.34. The molecule has 0 aliphatic carbocycles. The highest BCUT2D eigenvalue weighted by molar-refractivity contribution is 7.23. The number of alkyl halides is 3. The van der Waals surface area contributed by atoms with Crippen molar-refractivity contribution in [2.75, 3.05) is 0 Å². The van der Waals surface area contributed by atoms with E-state index in [1.54, 1.807) is 24.5 Å². The molecule has 0 N–H and O–H groups in total. The molecule has 124 valence electrons. The topological polar surface area (TPSA) is 12.9 Å². The van der Waals surface area contributed by atoms with E-state index in [0.717, 1.165) is 27.3 Å². The molecule has 0 atom stereocenters. The van der Waals surface area contributed by atoms with Crippen LogP contribution in [-0.2, 0) is 6.18 Å². The van der Waals surface area contributed by atoms with Gasteiger partial charge >= 0.3 is 6.18 Å². The summed E-state index contributed by atoms with van der Waals surface area (Å²) in [5.74, 6) is 0. The zero-order valence-electron chi connectivity index (χ0n) is 12.9. The second-order valence-electron chi connectivity index (χ2n) is 5.59. The Hall–Kier alpha value is -2.66. The molecule has 2 heterocycles. The van der Waals surface area contributed by atoms with Crippen molar-refractivity contribution in [2.24, 2.45) is 0 Å². The molecule has 4 aromatic rings. The molecule has 0 spiro atoms. The average molecular weight is 355 g/mol. The van der Waals surface area contributed by atoms with Crippen LogP contribution in [0.25, 0.3) is 31.7 Å². The smallest absolute Gasteiger partial charge is 0.264 e. The van der Waals surface area contributed by atoms with Crippen molar-refractivity contribution in [3.05, 3.63) is 78.6 Å². The van der Waals surface area contributed by atoms with Crippen LogP contribution in [0, 0.1) is 0 Å². The Morgan fingerprint density at radius 2 is 1.60 bits per heavy atom. The van der Waals surface area contributed by atoms with Gasteiger partial charge in [0.1, 0.15) is 0 Å². The van der Waals surface area contributed by atoms with Crippen LogP contribution >= 0.6 is 11.3 Å². The standard InChI is InChI=1S/C20H12F3NS/c21-20(22,23)16-9-3-1-7-14(16)19-18(13-6-5-11-24-12-13)15-8-2-4-10-17(15)25-19/h1-12H. The molecule has 1 nitrogen and oxygen atoms in total. The zero-order valence-corrected chi connectivity index (χ0v) is 13.7. The number of pyridine rings is 1. The second kappa shape index (κ2) is 6.01. The van der Waals surface area contributed by atoms with E-state index in [0.29, 0.717) is 4.88 Å². The summed E-state index contributed by atoms with van der Waals surface area (Å²) < 4.78 is 41.5. The number of thiophene rings is 1. The Morgan fingerprint density at radius 1 is 0.840 bits per heavy atom. The summed E-state index contributed by atoms with van der Waals surface area (Å²) in [6.45, 7) is 0. The van der Waals surface area contributed by atoms with Crippen molar-refractivity contribution < 1.29 is 13.2 Å². The lowest BCUT2D eigenvalue weighted by atomic mass is 9.97. The van der Waals surface area contributed by atoms with E-state index in [1.807, 2.05) is 30.3 Å². The molecule has 0 amide bonds. The molecule has 0 bridgehead atoms. The van der Waals surface area contributed by atoms with Crippen molar-refractivity contribution in [1.82, 2.24) is 4.98 Å². The normalized spacial score (nSPS) is 11.8. The fourth-order valence-corrected chi connectivity index (χ4v) is 4.23. The molecule has 4 rings (SSSR count). The Kier molecular flexibility index (Phi) is 3.81. The number of benzene rings is 2. The lowest BCUT2D eigenvalue weighted by Gasteiger charge is -2.13. The molecular weight excluding hydrogens is 343 g/mol. The summed E-state index contributed by atoms with van der Waals surface area (Å²) in [4.78, 5) is 4.75. The van der Waals surface area contributed by atoms with Crippen LogP contribution in [0.2, 0.25) is 0 Å². The summed E-state index contributed by atoms with van der Waals surface area (Å²) in [5, 5.41) is 0.937. The summed E-state index contributed by atoms with van der Waals surface area (Å²) >= 11 is 1.37. The quantitative estimate of drug-likeness (QED) is 0.392. The van der Waals surface area contributed by atoms with Gasteiger partial charge < -0.3 is 0 Å². The fraction of sp³-hybridized carbons (Fsp3) is 0.0500. The van der Waals surface area contributed by atoms with E-state index < -0.39 is 11.7 Å². The lowest BCUT2D eigenvalue weighted by Crippen LogP contribution is -2.06. The van der Waals surface area contributed by atoms with E-state index in [9.17, 15) is 13.2 Å². The van der Waals surface area contributed by atoms with E-state index in [2.05, 4.69) is 4.98 Å². The minimum atomic E-state index is -4.40. The Bertz CT molecular complexity index is 1040. The molecule has 0 radical (unpaired) electrons. The lowest BCUT2D eigenvalue weighted by molar-refractivity contribution is -0.137. The van der Waals surface area contributed by atoms with Crippen LogP contribution in [0.3, 0.4) is 0 Å². The van der Waals surface area contributed by atoms with Crippen molar-refractivity contribution in [3.8, 4) is 21.6 Å². The third kappa shape index (κ3) is 2.81. The molecule has 0 fully saturated rings. The molecule has 0 saturated heterocycles. The van der Waals surface area contributed by atoms with Crippen molar-refractivity contribution in [3.63, 3.8) is 0 Å². The number of hydrogen-bond acceptors (Lipinski definition) is 2. The third-order valence-corrected chi connectivity index (χ3v) is 5.23. The minimum absolute atomic E-state index is 0.204. The predicted molar refractivity (Wildman–Crippen MR) is 95.5 cm³/mol. The van der Waals surface area contributed by atoms with Gasteiger partial charge in [-0.15, -0.1) is 11.3 Å². The van der Waals surface area contributed by atoms with Gasteiger partial charge in [-0.25, -0.2) is 0 Å². The van der Waals surface area contributed by atoms with Crippen LogP contribution in [0.4, 0.5) is 13.2 Å². The summed E-state index contributed by atoms with van der Waals surface area (Å²) in [6, 6.07) is 17.1. The Balaban J connectivity index is 2.08. The molecule has 0 aliphatic heterocycles. The average Bonchev–Trinajstić information content (AvgIpc) is 3.01. The van der Waals surface area contributed by atoms with Crippen LogP contribution in [0.1, 0.15) is 5.56 Å². The van der Waals surface area contributed by atoms with E-state index in [1.165, 1.54) is 23.5 Å². The van der Waals surface area contributed by atoms with Crippen LogP contribution in [-0.4, -0.2) is 4.98 Å². The second-order valence-corrected chi connectivity index (χ2v) is 6.64. The maximum atomic E-state index is 13.5. The first-order valence-corrected chi connectivity index (χ1v) is 8.46. The number of aromatic nitrogens is 1. The van der Waals surface area contributed by atoms with Crippen LogP contribution in [0.5, 0.6) is 0 Å². The van der Waals surface area contributed by atoms with Gasteiger partial charge in [0.15, 0.2) is 0 Å². The summed E-state index contributed by atoms with van der Waals surface area (Å²) in [5.41, 5.74) is 1.19. The van der Waals surface area contributed by atoms with Gasteiger partial charge in [-0.05, 0) is 18.2 Å². The predicted octanol–water partition coefficient (Wildman–Crippen LogP) is 6.65. The largest absolute Gasteiger partial charge is 0.417 e. The maximum absolute atomic E-state index is 13.5. The molecule has 0 saturated carbocycles. The van der Waals surface area contributed by atoms with Crippen molar-refractivity contribution >= 4 is 21.4 Å². The zero-order chi connectivity index (χ0) is 17.4. The Morgan fingerprint density at radius 3 is 2.36 bits per heavy atom. The molecule has 2 aromatic carbocycles. The molecule has 25 heavy (non-hydrogen) atoms. The van der Waals surface area contributed by atoms with Gasteiger partial charge in [-0.3, -0.25) is 4.98 Å². The number of halogens is 3. The monoisotopic (exact) mass is 355 g/mol. The molecule has 5 heteroatoms. The first-order valence-electron chi connectivity index (χ1n) is 7.64. The molecule has 0 unspecified atom stereocenters. The van der Waals surface area contributed by atoms with Crippen molar-refractivity contribution in [2.45, 2.75) is 6.18 Å². The Labute approximate surface area is 146 Å². The number of nitrogens with zero attached hydrogens (tertiary/aromatic N) is 1. The van der Waals surface area contributed by atoms with Gasteiger partial charge in [-0.2, -0.15) is 13.2 Å². The minimum Gasteiger partial charge on any atom is -0.264 e. The summed E-state index contributed by atoms with van der Waals surface area (Å²) in [6.07, 6.45) is -1.06. The van der Waals surface area contributed by atoms with Gasteiger partial charge in [0.25, 0.3) is 0 Å². The first kappa shape index (κ1) is 15.8. The summed E-state index contributed by atoms with van der Waals surface area (Å²) in [7, 11) is 0. The number of rotatable bonds is 2. The first-order chi connectivity index (χ1) is 12.1. The van der Waals surface area contributed by atoms with Crippen molar-refractivity contribution in [1.29, 1.82) is 0 Å². The van der Waals surface area contributed by atoms with Gasteiger partial charge in [0.2, 0.25) is 0 Å². The van der Waals surface area contributed by atoms with Crippen LogP contribution in [0.15, 0.2) is 73.1 Å². The highest BCUT2D eigenvalue weighted by atomic mass is 32.1. The number of hydrogen-bond donors (Lipinski definition) is 0. The third-order valence-electron chi connectivity index (χ3n) is 4.02. The van der Waals surface area contributed by atoms with Crippen LogP contribution < -0.4 is 0 Å². The van der Waals surface area contributed by atoms with E-state index in [-0.39, 0.29) is 5.56 Å². The van der Waals surface area contributed by atoms with Gasteiger partial charge in [0, 0.05) is 44.0 Å². The SMILES string of the molecule is FC(F)(F)c1ccccc1-c1sc2ccccc2c1-c1cccnc1. The molecule has 2 aromatic heterocycles. The maximum Gasteiger partial charge on any atom is 0.417 e. The van der Waals surface area contributed by atoms with E-state index in [4.69, 9.17) is 0 Å².